The van der Waals surface area contributed by atoms with Crippen LogP contribution in [0.3, 0.4) is 0 Å². The Morgan fingerprint density at radius 2 is 1.95 bits per heavy atom. The van der Waals surface area contributed by atoms with E-state index in [1.54, 1.807) is 10.7 Å². The van der Waals surface area contributed by atoms with E-state index in [0.717, 1.165) is 22.3 Å². The lowest BCUT2D eigenvalue weighted by molar-refractivity contribution is 0.687. The maximum atomic E-state index is 9.17. The van der Waals surface area contributed by atoms with Crippen molar-refractivity contribution in [2.24, 2.45) is 0 Å². The largest absolute Gasteiger partial charge is 0.236 e. The predicted octanol–water partition coefficient (Wildman–Crippen LogP) is 3.20. The Labute approximate surface area is 117 Å². The number of nitriles is 1. The van der Waals surface area contributed by atoms with Gasteiger partial charge in [-0.2, -0.15) is 10.4 Å². The monoisotopic (exact) mass is 262 g/mol. The third-order valence-corrected chi connectivity index (χ3v) is 3.48. The van der Waals surface area contributed by atoms with E-state index in [2.05, 4.69) is 16.2 Å². The molecule has 0 spiro atoms. The zero-order valence-corrected chi connectivity index (χ0v) is 11.4. The topological polar surface area (TPSA) is 54.0 Å². The van der Waals surface area contributed by atoms with Gasteiger partial charge < -0.3 is 0 Å². The van der Waals surface area contributed by atoms with Crippen molar-refractivity contribution >= 4 is 5.65 Å². The lowest BCUT2D eigenvalue weighted by Crippen LogP contribution is -2.13. The van der Waals surface area contributed by atoms with Gasteiger partial charge in [-0.1, -0.05) is 24.3 Å². The number of hydrogen-bond acceptors (Lipinski definition) is 3. The summed E-state index contributed by atoms with van der Waals surface area (Å²) in [5.74, 6) is 0. The molecule has 1 aromatic carbocycles. The number of rotatable bonds is 2. The first-order valence-corrected chi connectivity index (χ1v) is 6.42. The minimum atomic E-state index is -0.474. The van der Waals surface area contributed by atoms with Crippen LogP contribution < -0.4 is 0 Å². The van der Waals surface area contributed by atoms with E-state index in [4.69, 9.17) is 5.26 Å². The summed E-state index contributed by atoms with van der Waals surface area (Å²) in [6.45, 7) is 3.83. The molecule has 0 amide bonds. The van der Waals surface area contributed by atoms with Crippen LogP contribution in [0.5, 0.6) is 0 Å². The van der Waals surface area contributed by atoms with Gasteiger partial charge in [0.1, 0.15) is 0 Å². The van der Waals surface area contributed by atoms with Crippen molar-refractivity contribution in [2.45, 2.75) is 19.3 Å². The van der Waals surface area contributed by atoms with E-state index < -0.39 is 5.41 Å². The molecule has 0 saturated heterocycles. The van der Waals surface area contributed by atoms with Crippen molar-refractivity contribution < 1.29 is 0 Å². The molecular formula is C16H14N4. The molecule has 2 heterocycles. The normalized spacial score (nSPS) is 11.4. The van der Waals surface area contributed by atoms with Crippen molar-refractivity contribution in [3.63, 3.8) is 0 Å². The Balaban J connectivity index is 2.06. The molecule has 0 radical (unpaired) electrons. The summed E-state index contributed by atoms with van der Waals surface area (Å²) in [4.78, 5) is 4.35. The maximum Gasteiger partial charge on any atom is 0.162 e. The van der Waals surface area contributed by atoms with Crippen LogP contribution in [0, 0.1) is 11.3 Å². The van der Waals surface area contributed by atoms with Crippen molar-refractivity contribution in [3.05, 3.63) is 54.5 Å². The fourth-order valence-electron chi connectivity index (χ4n) is 2.16. The summed E-state index contributed by atoms with van der Waals surface area (Å²) < 4.78 is 1.75. The standard InChI is InChI=1S/C16H14N4/c1-16(2,11-17)13-6-4-12(5-7-13)14-10-19-20-9-3-8-18-15(14)20/h3-10H,1-2H3. The van der Waals surface area contributed by atoms with Crippen molar-refractivity contribution in [2.75, 3.05) is 0 Å². The van der Waals surface area contributed by atoms with Crippen molar-refractivity contribution in [1.29, 1.82) is 5.26 Å². The summed E-state index contributed by atoms with van der Waals surface area (Å²) in [5.41, 5.74) is 3.41. The Bertz CT molecular complexity index is 791. The van der Waals surface area contributed by atoms with Crippen LogP contribution in [-0.2, 0) is 5.41 Å². The van der Waals surface area contributed by atoms with Gasteiger partial charge >= 0.3 is 0 Å². The Hall–Kier alpha value is -2.67. The second-order valence-electron chi connectivity index (χ2n) is 5.26. The minimum absolute atomic E-state index is 0.474. The third-order valence-electron chi connectivity index (χ3n) is 3.48. The van der Waals surface area contributed by atoms with E-state index in [1.165, 1.54) is 0 Å². The van der Waals surface area contributed by atoms with E-state index in [1.807, 2.05) is 56.6 Å². The number of hydrogen-bond donors (Lipinski definition) is 0. The molecule has 98 valence electrons. The van der Waals surface area contributed by atoms with E-state index in [0.29, 0.717) is 0 Å². The molecule has 0 bridgehead atoms. The molecule has 0 atom stereocenters. The van der Waals surface area contributed by atoms with Gasteiger partial charge in [0.05, 0.1) is 17.7 Å². The van der Waals surface area contributed by atoms with Gasteiger partial charge in [-0.25, -0.2) is 9.50 Å². The predicted molar refractivity (Wildman–Crippen MR) is 77.1 cm³/mol. The smallest absolute Gasteiger partial charge is 0.162 e. The molecule has 0 unspecified atom stereocenters. The summed E-state index contributed by atoms with van der Waals surface area (Å²) >= 11 is 0. The summed E-state index contributed by atoms with van der Waals surface area (Å²) in [6, 6.07) is 12.2. The molecule has 3 aromatic rings. The van der Waals surface area contributed by atoms with Gasteiger partial charge in [-0.3, -0.25) is 0 Å². The molecule has 0 N–H and O–H groups in total. The maximum absolute atomic E-state index is 9.17. The first kappa shape index (κ1) is 12.4. The van der Waals surface area contributed by atoms with Crippen LogP contribution >= 0.6 is 0 Å². The van der Waals surface area contributed by atoms with Gasteiger partial charge in [-0.05, 0) is 31.0 Å². The van der Waals surface area contributed by atoms with Crippen LogP contribution in [0.2, 0.25) is 0 Å². The number of fused-ring (bicyclic) bond motifs is 1. The summed E-state index contributed by atoms with van der Waals surface area (Å²) in [6.07, 6.45) is 5.44. The van der Waals surface area contributed by atoms with Gasteiger partial charge in [-0.15, -0.1) is 0 Å². The second kappa shape index (κ2) is 4.46. The van der Waals surface area contributed by atoms with Gasteiger partial charge in [0.25, 0.3) is 0 Å². The third kappa shape index (κ3) is 1.94. The van der Waals surface area contributed by atoms with E-state index >= 15 is 0 Å². The van der Waals surface area contributed by atoms with Crippen LogP contribution in [0.15, 0.2) is 48.9 Å². The number of nitrogens with zero attached hydrogens (tertiary/aromatic N) is 4. The Morgan fingerprint density at radius 3 is 2.65 bits per heavy atom. The summed E-state index contributed by atoms with van der Waals surface area (Å²) in [7, 11) is 0. The molecule has 0 fully saturated rings. The van der Waals surface area contributed by atoms with Gasteiger partial charge in [0.2, 0.25) is 0 Å². The number of benzene rings is 1. The van der Waals surface area contributed by atoms with Crippen LogP contribution in [0.4, 0.5) is 0 Å². The molecule has 0 aliphatic rings. The molecule has 4 nitrogen and oxygen atoms in total. The molecule has 4 heteroatoms. The second-order valence-corrected chi connectivity index (χ2v) is 5.26. The fourth-order valence-corrected chi connectivity index (χ4v) is 2.16. The van der Waals surface area contributed by atoms with Crippen molar-refractivity contribution in [3.8, 4) is 17.2 Å². The molecule has 0 aliphatic heterocycles. The van der Waals surface area contributed by atoms with E-state index in [-0.39, 0.29) is 0 Å². The highest BCUT2D eigenvalue weighted by Crippen LogP contribution is 2.27. The average Bonchev–Trinajstić information content (AvgIpc) is 2.91. The lowest BCUT2D eigenvalue weighted by Gasteiger charge is -2.15. The molecule has 3 rings (SSSR count). The lowest BCUT2D eigenvalue weighted by atomic mass is 9.86. The molecule has 0 saturated carbocycles. The zero-order valence-electron chi connectivity index (χ0n) is 11.4. The molecular weight excluding hydrogens is 248 g/mol. The highest BCUT2D eigenvalue weighted by molar-refractivity contribution is 5.76. The Kier molecular flexibility index (Phi) is 2.76. The highest BCUT2D eigenvalue weighted by Gasteiger charge is 2.19. The minimum Gasteiger partial charge on any atom is -0.236 e. The first-order chi connectivity index (χ1) is 9.62. The van der Waals surface area contributed by atoms with Crippen molar-refractivity contribution in [1.82, 2.24) is 14.6 Å². The first-order valence-electron chi connectivity index (χ1n) is 6.42. The van der Waals surface area contributed by atoms with Crippen LogP contribution in [0.1, 0.15) is 19.4 Å². The van der Waals surface area contributed by atoms with E-state index in [9.17, 15) is 0 Å². The SMILES string of the molecule is CC(C)(C#N)c1ccc(-c2cnn3cccnc23)cc1. The highest BCUT2D eigenvalue weighted by atomic mass is 15.2. The van der Waals surface area contributed by atoms with Crippen LogP contribution in [-0.4, -0.2) is 14.6 Å². The van der Waals surface area contributed by atoms with Crippen LogP contribution in [0.25, 0.3) is 16.8 Å². The molecule has 0 aliphatic carbocycles. The number of aromatic nitrogens is 3. The van der Waals surface area contributed by atoms with Gasteiger partial charge in [0.15, 0.2) is 5.65 Å². The summed E-state index contributed by atoms with van der Waals surface area (Å²) in [5, 5.41) is 13.5. The average molecular weight is 262 g/mol. The molecule has 2 aromatic heterocycles. The Morgan fingerprint density at radius 1 is 1.20 bits per heavy atom. The van der Waals surface area contributed by atoms with Gasteiger partial charge in [0, 0.05) is 18.0 Å². The fraction of sp³-hybridized carbons (Fsp3) is 0.188. The zero-order chi connectivity index (χ0) is 14.2. The quantitative estimate of drug-likeness (QED) is 0.712. The molecule has 20 heavy (non-hydrogen) atoms.